The molecule has 2 rings (SSSR count). The van der Waals surface area contributed by atoms with Gasteiger partial charge in [0.2, 0.25) is 0 Å². The lowest BCUT2D eigenvalue weighted by Gasteiger charge is -2.20. The highest BCUT2D eigenvalue weighted by Gasteiger charge is 2.20. The Balaban J connectivity index is 2.35. The van der Waals surface area contributed by atoms with E-state index in [1.807, 2.05) is 0 Å². The molecule has 0 aliphatic carbocycles. The van der Waals surface area contributed by atoms with Crippen molar-refractivity contribution in [3.8, 4) is 0 Å². The van der Waals surface area contributed by atoms with Crippen molar-refractivity contribution in [2.45, 2.75) is 6.92 Å². The molecule has 1 amide bonds. The van der Waals surface area contributed by atoms with Gasteiger partial charge in [0.05, 0.1) is 18.1 Å². The van der Waals surface area contributed by atoms with Crippen LogP contribution in [0.4, 0.5) is 10.1 Å². The zero-order chi connectivity index (χ0) is 13.8. The van der Waals surface area contributed by atoms with Crippen LogP contribution in [-0.4, -0.2) is 22.4 Å². The van der Waals surface area contributed by atoms with Crippen molar-refractivity contribution >= 4 is 23.2 Å². The van der Waals surface area contributed by atoms with Gasteiger partial charge in [-0.15, -0.1) is 0 Å². The van der Waals surface area contributed by atoms with Gasteiger partial charge in [-0.25, -0.2) is 14.4 Å². The Hall–Kier alpha value is -2.01. The number of anilines is 1. The number of carbonyl (C=O) groups is 1. The van der Waals surface area contributed by atoms with Gasteiger partial charge in [0.15, 0.2) is 0 Å². The minimum absolute atomic E-state index is 0.120. The molecular formula is C13H11ClFN3O. The Morgan fingerprint density at radius 2 is 2.05 bits per heavy atom. The number of carbonyl (C=O) groups excluding carboxylic acids is 1. The third-order valence-corrected chi connectivity index (χ3v) is 2.74. The summed E-state index contributed by atoms with van der Waals surface area (Å²) in [7, 11) is 0. The van der Waals surface area contributed by atoms with Gasteiger partial charge >= 0.3 is 0 Å². The highest BCUT2D eigenvalue weighted by Crippen LogP contribution is 2.20. The SMILES string of the molecule is CCN(C(=O)c1cnc(Cl)cn1)c1ccccc1F. The van der Waals surface area contributed by atoms with Gasteiger partial charge in [-0.05, 0) is 19.1 Å². The number of para-hydroxylation sites is 1. The first-order chi connectivity index (χ1) is 9.13. The van der Waals surface area contributed by atoms with Crippen LogP contribution < -0.4 is 4.90 Å². The van der Waals surface area contributed by atoms with Crippen LogP contribution in [-0.2, 0) is 0 Å². The van der Waals surface area contributed by atoms with Crippen molar-refractivity contribution in [3.63, 3.8) is 0 Å². The molecular weight excluding hydrogens is 269 g/mol. The fraction of sp³-hybridized carbons (Fsp3) is 0.154. The Morgan fingerprint density at radius 1 is 1.32 bits per heavy atom. The summed E-state index contributed by atoms with van der Waals surface area (Å²) >= 11 is 5.61. The molecule has 19 heavy (non-hydrogen) atoms. The number of halogens is 2. The number of hydrogen-bond acceptors (Lipinski definition) is 3. The molecule has 0 saturated heterocycles. The number of amides is 1. The summed E-state index contributed by atoms with van der Waals surface area (Å²) in [5, 5.41) is 0.200. The maximum atomic E-state index is 13.7. The molecule has 6 heteroatoms. The molecule has 0 aliphatic heterocycles. The van der Waals surface area contributed by atoms with E-state index in [2.05, 4.69) is 9.97 Å². The van der Waals surface area contributed by atoms with E-state index < -0.39 is 11.7 Å². The van der Waals surface area contributed by atoms with E-state index in [1.54, 1.807) is 25.1 Å². The number of benzene rings is 1. The third-order valence-electron chi connectivity index (χ3n) is 2.54. The smallest absolute Gasteiger partial charge is 0.278 e. The minimum Gasteiger partial charge on any atom is -0.304 e. The average molecular weight is 280 g/mol. The number of aromatic nitrogens is 2. The summed E-state index contributed by atoms with van der Waals surface area (Å²) in [5.41, 5.74) is 0.334. The van der Waals surface area contributed by atoms with E-state index in [0.717, 1.165) is 0 Å². The highest BCUT2D eigenvalue weighted by molar-refractivity contribution is 6.29. The van der Waals surface area contributed by atoms with E-state index in [1.165, 1.54) is 23.4 Å². The van der Waals surface area contributed by atoms with E-state index in [4.69, 9.17) is 11.6 Å². The van der Waals surface area contributed by atoms with Crippen LogP contribution in [0.3, 0.4) is 0 Å². The third kappa shape index (κ3) is 2.88. The second-order valence-corrected chi connectivity index (χ2v) is 4.11. The van der Waals surface area contributed by atoms with Gasteiger partial charge in [-0.3, -0.25) is 4.79 Å². The van der Waals surface area contributed by atoms with Crippen molar-refractivity contribution in [1.82, 2.24) is 9.97 Å². The lowest BCUT2D eigenvalue weighted by atomic mass is 10.2. The standard InChI is InChI=1S/C13H11ClFN3O/c1-2-18(11-6-4-3-5-9(11)15)13(19)10-7-17-12(14)8-16-10/h3-8H,2H2,1H3. The zero-order valence-electron chi connectivity index (χ0n) is 10.2. The Bertz CT molecular complexity index is 589. The molecule has 0 spiro atoms. The van der Waals surface area contributed by atoms with Crippen LogP contribution in [0.5, 0.6) is 0 Å². The maximum absolute atomic E-state index is 13.7. The van der Waals surface area contributed by atoms with Crippen molar-refractivity contribution in [2.75, 3.05) is 11.4 Å². The normalized spacial score (nSPS) is 10.3. The van der Waals surface area contributed by atoms with Gasteiger partial charge in [-0.1, -0.05) is 23.7 Å². The van der Waals surface area contributed by atoms with Crippen molar-refractivity contribution in [2.24, 2.45) is 0 Å². The van der Waals surface area contributed by atoms with Gasteiger partial charge in [-0.2, -0.15) is 0 Å². The Morgan fingerprint density at radius 3 is 2.63 bits per heavy atom. The largest absolute Gasteiger partial charge is 0.304 e. The van der Waals surface area contributed by atoms with Crippen LogP contribution >= 0.6 is 11.6 Å². The number of rotatable bonds is 3. The van der Waals surface area contributed by atoms with Crippen LogP contribution in [0.25, 0.3) is 0 Å². The molecule has 0 atom stereocenters. The molecule has 0 fully saturated rings. The second kappa shape index (κ2) is 5.75. The fourth-order valence-electron chi connectivity index (χ4n) is 1.65. The molecule has 98 valence electrons. The van der Waals surface area contributed by atoms with Crippen LogP contribution in [0.2, 0.25) is 5.15 Å². The molecule has 0 radical (unpaired) electrons. The molecule has 2 aromatic rings. The van der Waals surface area contributed by atoms with Gasteiger partial charge in [0, 0.05) is 6.54 Å². The molecule has 0 bridgehead atoms. The van der Waals surface area contributed by atoms with Gasteiger partial charge in [0.25, 0.3) is 5.91 Å². The monoisotopic (exact) mass is 279 g/mol. The maximum Gasteiger partial charge on any atom is 0.278 e. The van der Waals surface area contributed by atoms with E-state index in [-0.39, 0.29) is 16.5 Å². The summed E-state index contributed by atoms with van der Waals surface area (Å²) in [6.45, 7) is 2.08. The quantitative estimate of drug-likeness (QED) is 0.868. The van der Waals surface area contributed by atoms with Crippen molar-refractivity contribution in [1.29, 1.82) is 0 Å². The van der Waals surface area contributed by atoms with Crippen molar-refractivity contribution < 1.29 is 9.18 Å². The first-order valence-corrected chi connectivity index (χ1v) is 6.05. The van der Waals surface area contributed by atoms with E-state index >= 15 is 0 Å². The van der Waals surface area contributed by atoms with E-state index in [0.29, 0.717) is 6.54 Å². The first-order valence-electron chi connectivity index (χ1n) is 5.67. The number of hydrogen-bond donors (Lipinski definition) is 0. The lowest BCUT2D eigenvalue weighted by Crippen LogP contribution is -2.32. The molecule has 1 aromatic carbocycles. The van der Waals surface area contributed by atoms with Crippen molar-refractivity contribution in [3.05, 3.63) is 53.3 Å². The second-order valence-electron chi connectivity index (χ2n) is 3.73. The molecule has 1 aromatic heterocycles. The molecule has 0 N–H and O–H groups in total. The van der Waals surface area contributed by atoms with Crippen LogP contribution in [0.15, 0.2) is 36.7 Å². The molecule has 0 unspecified atom stereocenters. The summed E-state index contributed by atoms with van der Waals surface area (Å²) in [5.74, 6) is -0.878. The van der Waals surface area contributed by atoms with Crippen LogP contribution in [0.1, 0.15) is 17.4 Å². The lowest BCUT2D eigenvalue weighted by molar-refractivity contribution is 0.0982. The topological polar surface area (TPSA) is 46.1 Å². The predicted octanol–water partition coefficient (Wildman–Crippen LogP) is 2.94. The highest BCUT2D eigenvalue weighted by atomic mass is 35.5. The molecule has 0 aliphatic rings. The average Bonchev–Trinajstić information content (AvgIpc) is 2.42. The molecule has 1 heterocycles. The first kappa shape index (κ1) is 13.4. The Kier molecular flexibility index (Phi) is 4.06. The van der Waals surface area contributed by atoms with Gasteiger partial charge < -0.3 is 4.90 Å². The van der Waals surface area contributed by atoms with Gasteiger partial charge in [0.1, 0.15) is 16.7 Å². The molecule has 0 saturated carbocycles. The molecule has 4 nitrogen and oxygen atoms in total. The fourth-order valence-corrected chi connectivity index (χ4v) is 1.75. The number of nitrogens with zero attached hydrogens (tertiary/aromatic N) is 3. The summed E-state index contributed by atoms with van der Waals surface area (Å²) < 4.78 is 13.7. The zero-order valence-corrected chi connectivity index (χ0v) is 10.9. The van der Waals surface area contributed by atoms with Crippen LogP contribution in [0, 0.1) is 5.82 Å². The summed E-state index contributed by atoms with van der Waals surface area (Å²) in [6.07, 6.45) is 2.55. The minimum atomic E-state index is -0.459. The van der Waals surface area contributed by atoms with E-state index in [9.17, 15) is 9.18 Å². The predicted molar refractivity (Wildman–Crippen MR) is 70.8 cm³/mol. The Labute approximate surface area is 114 Å². The summed E-state index contributed by atoms with van der Waals surface area (Å²) in [4.78, 5) is 21.2. The summed E-state index contributed by atoms with van der Waals surface area (Å²) in [6, 6.07) is 6.08.